The third-order valence-corrected chi connectivity index (χ3v) is 4.33. The molecule has 9 nitrogen and oxygen atoms in total. The molecule has 138 valence electrons. The molecule has 0 saturated carbocycles. The van der Waals surface area contributed by atoms with E-state index < -0.39 is 0 Å². The van der Waals surface area contributed by atoms with Gasteiger partial charge >= 0.3 is 0 Å². The quantitative estimate of drug-likeness (QED) is 0.581. The average Bonchev–Trinajstić information content (AvgIpc) is 3.39. The first-order valence-corrected chi connectivity index (χ1v) is 8.60. The van der Waals surface area contributed by atoms with E-state index >= 15 is 0 Å². The van der Waals surface area contributed by atoms with Crippen molar-refractivity contribution in [1.29, 1.82) is 0 Å². The maximum absolute atomic E-state index is 12.9. The highest BCUT2D eigenvalue weighted by molar-refractivity contribution is 6.06. The summed E-state index contributed by atoms with van der Waals surface area (Å²) >= 11 is 0. The summed E-state index contributed by atoms with van der Waals surface area (Å²) in [5, 5.41) is 15.9. The third-order valence-electron chi connectivity index (χ3n) is 4.33. The second kappa shape index (κ2) is 6.67. The summed E-state index contributed by atoms with van der Waals surface area (Å²) in [6, 6.07) is 1.74. The fraction of sp³-hybridized carbons (Fsp3) is 0.278. The van der Waals surface area contributed by atoms with Crippen LogP contribution in [-0.2, 0) is 20.1 Å². The van der Waals surface area contributed by atoms with Gasteiger partial charge in [0.15, 0.2) is 0 Å². The minimum absolute atomic E-state index is 0.219. The van der Waals surface area contributed by atoms with E-state index in [1.807, 2.05) is 31.0 Å². The van der Waals surface area contributed by atoms with Crippen LogP contribution in [0, 0.1) is 6.92 Å². The van der Waals surface area contributed by atoms with Crippen molar-refractivity contribution in [3.05, 3.63) is 47.7 Å². The standard InChI is InChI=1S/C18H19N7O2/c1-4-25-9-12(7-21-25)6-19-17(26)14-5-15(13-8-20-24(3)10-13)22-18-16(14)11(2)23-27-18/h5,7-10H,4,6H2,1-3H3,(H,19,26). The number of aromatic nitrogens is 6. The van der Waals surface area contributed by atoms with E-state index in [2.05, 4.69) is 25.7 Å². The zero-order valence-electron chi connectivity index (χ0n) is 15.3. The molecule has 9 heteroatoms. The Kier molecular flexibility index (Phi) is 4.19. The molecule has 27 heavy (non-hydrogen) atoms. The van der Waals surface area contributed by atoms with Gasteiger partial charge in [-0.2, -0.15) is 10.2 Å². The largest absolute Gasteiger partial charge is 0.348 e. The number of fused-ring (bicyclic) bond motifs is 1. The van der Waals surface area contributed by atoms with Gasteiger partial charge in [0, 0.05) is 43.7 Å². The average molecular weight is 365 g/mol. The highest BCUT2D eigenvalue weighted by Gasteiger charge is 2.19. The number of hydrogen-bond acceptors (Lipinski definition) is 6. The number of carbonyl (C=O) groups excluding carboxylic acids is 1. The van der Waals surface area contributed by atoms with Crippen LogP contribution >= 0.6 is 0 Å². The molecule has 0 aliphatic heterocycles. The topological polar surface area (TPSA) is 104 Å². The van der Waals surface area contributed by atoms with Crippen LogP contribution in [0.25, 0.3) is 22.4 Å². The van der Waals surface area contributed by atoms with Crippen LogP contribution in [0.3, 0.4) is 0 Å². The van der Waals surface area contributed by atoms with Crippen LogP contribution in [0.4, 0.5) is 0 Å². The summed E-state index contributed by atoms with van der Waals surface area (Å²) in [7, 11) is 1.82. The van der Waals surface area contributed by atoms with Crippen molar-refractivity contribution in [2.75, 3.05) is 0 Å². The second-order valence-electron chi connectivity index (χ2n) is 6.29. The van der Waals surface area contributed by atoms with Gasteiger partial charge in [0.25, 0.3) is 11.6 Å². The number of nitrogens with zero attached hydrogens (tertiary/aromatic N) is 6. The molecular formula is C18H19N7O2. The van der Waals surface area contributed by atoms with E-state index in [4.69, 9.17) is 4.52 Å². The van der Waals surface area contributed by atoms with Gasteiger partial charge in [-0.1, -0.05) is 5.16 Å². The number of nitrogens with one attached hydrogen (secondary N) is 1. The maximum Gasteiger partial charge on any atom is 0.259 e. The lowest BCUT2D eigenvalue weighted by molar-refractivity contribution is 0.0952. The number of amides is 1. The van der Waals surface area contributed by atoms with Crippen LogP contribution in [-0.4, -0.2) is 35.6 Å². The molecule has 0 aliphatic rings. The lowest BCUT2D eigenvalue weighted by Gasteiger charge is -2.07. The molecule has 0 bridgehead atoms. The van der Waals surface area contributed by atoms with Crippen molar-refractivity contribution < 1.29 is 9.32 Å². The number of hydrogen-bond donors (Lipinski definition) is 1. The minimum Gasteiger partial charge on any atom is -0.348 e. The van der Waals surface area contributed by atoms with Gasteiger partial charge in [0.05, 0.1) is 34.7 Å². The van der Waals surface area contributed by atoms with Crippen molar-refractivity contribution in [2.24, 2.45) is 7.05 Å². The first kappa shape index (κ1) is 17.0. The maximum atomic E-state index is 12.9. The van der Waals surface area contributed by atoms with Crippen molar-refractivity contribution in [3.8, 4) is 11.3 Å². The van der Waals surface area contributed by atoms with E-state index in [1.165, 1.54) is 0 Å². The smallest absolute Gasteiger partial charge is 0.259 e. The highest BCUT2D eigenvalue weighted by Crippen LogP contribution is 2.26. The number of pyridine rings is 1. The van der Waals surface area contributed by atoms with Crippen LogP contribution in [0.2, 0.25) is 0 Å². The van der Waals surface area contributed by atoms with E-state index in [0.717, 1.165) is 17.7 Å². The summed E-state index contributed by atoms with van der Waals surface area (Å²) < 4.78 is 8.80. The molecule has 4 aromatic rings. The van der Waals surface area contributed by atoms with Gasteiger partial charge in [-0.05, 0) is 19.9 Å². The molecule has 1 amide bonds. The van der Waals surface area contributed by atoms with Crippen LogP contribution in [0.1, 0.15) is 28.5 Å². The molecule has 0 radical (unpaired) electrons. The Bertz CT molecular complexity index is 1120. The Labute approximate surface area is 155 Å². The van der Waals surface area contributed by atoms with Gasteiger partial charge in [-0.3, -0.25) is 14.2 Å². The highest BCUT2D eigenvalue weighted by atomic mass is 16.5. The summed E-state index contributed by atoms with van der Waals surface area (Å²) in [6.45, 7) is 4.97. The Morgan fingerprint density at radius 1 is 1.26 bits per heavy atom. The third kappa shape index (κ3) is 3.19. The van der Waals surface area contributed by atoms with E-state index in [9.17, 15) is 4.79 Å². The van der Waals surface area contributed by atoms with E-state index in [0.29, 0.717) is 34.6 Å². The molecule has 4 rings (SSSR count). The van der Waals surface area contributed by atoms with Crippen LogP contribution < -0.4 is 5.32 Å². The summed E-state index contributed by atoms with van der Waals surface area (Å²) in [4.78, 5) is 17.4. The van der Waals surface area contributed by atoms with Gasteiger partial charge in [0.2, 0.25) is 0 Å². The monoisotopic (exact) mass is 365 g/mol. The Morgan fingerprint density at radius 3 is 2.81 bits per heavy atom. The number of aryl methyl sites for hydroxylation is 3. The molecule has 4 heterocycles. The lowest BCUT2D eigenvalue weighted by Crippen LogP contribution is -2.23. The van der Waals surface area contributed by atoms with Crippen molar-refractivity contribution >= 4 is 17.0 Å². The number of rotatable bonds is 5. The molecule has 1 N–H and O–H groups in total. The molecule has 4 aromatic heterocycles. The number of carbonyl (C=O) groups is 1. The summed E-state index contributed by atoms with van der Waals surface area (Å²) in [5.41, 5.74) is 3.77. The Balaban J connectivity index is 1.68. The molecule has 0 aromatic carbocycles. The Hall–Kier alpha value is -3.49. The lowest BCUT2D eigenvalue weighted by atomic mass is 10.1. The molecule has 0 atom stereocenters. The summed E-state index contributed by atoms with van der Waals surface area (Å²) in [5.74, 6) is -0.219. The van der Waals surface area contributed by atoms with E-state index in [1.54, 1.807) is 30.1 Å². The predicted molar refractivity (Wildman–Crippen MR) is 97.8 cm³/mol. The van der Waals surface area contributed by atoms with Crippen molar-refractivity contribution in [2.45, 2.75) is 26.9 Å². The van der Waals surface area contributed by atoms with Gasteiger partial charge < -0.3 is 9.84 Å². The zero-order chi connectivity index (χ0) is 19.0. The van der Waals surface area contributed by atoms with Gasteiger partial charge in [0.1, 0.15) is 0 Å². The SMILES string of the molecule is CCn1cc(CNC(=O)c2cc(-c3cnn(C)c3)nc3onc(C)c23)cn1. The molecule has 0 fully saturated rings. The predicted octanol–water partition coefficient (Wildman–Crippen LogP) is 2.08. The molecule has 0 spiro atoms. The normalized spacial score (nSPS) is 11.2. The molecule has 0 saturated heterocycles. The Morgan fingerprint density at radius 2 is 2.11 bits per heavy atom. The van der Waals surface area contributed by atoms with Gasteiger partial charge in [-0.15, -0.1) is 0 Å². The van der Waals surface area contributed by atoms with Crippen molar-refractivity contribution in [1.82, 2.24) is 35.0 Å². The first-order chi connectivity index (χ1) is 13.0. The van der Waals surface area contributed by atoms with Crippen molar-refractivity contribution in [3.63, 3.8) is 0 Å². The molecular weight excluding hydrogens is 346 g/mol. The minimum atomic E-state index is -0.219. The van der Waals surface area contributed by atoms with Gasteiger partial charge in [-0.25, -0.2) is 4.98 Å². The van der Waals surface area contributed by atoms with E-state index in [-0.39, 0.29) is 5.91 Å². The van der Waals surface area contributed by atoms with Crippen LogP contribution in [0.15, 0.2) is 35.4 Å². The fourth-order valence-corrected chi connectivity index (χ4v) is 2.92. The molecule has 0 unspecified atom stereocenters. The van der Waals surface area contributed by atoms with Crippen LogP contribution in [0.5, 0.6) is 0 Å². The second-order valence-corrected chi connectivity index (χ2v) is 6.29. The first-order valence-electron chi connectivity index (χ1n) is 8.60. The summed E-state index contributed by atoms with van der Waals surface area (Å²) in [6.07, 6.45) is 7.18. The fourth-order valence-electron chi connectivity index (χ4n) is 2.92. The molecule has 0 aliphatic carbocycles. The zero-order valence-corrected chi connectivity index (χ0v) is 15.3.